The maximum Gasteiger partial charge on any atom is 0.0507 e. The minimum Gasteiger partial charge on any atom is -0.265 e. The SMILES string of the molecule is c1cc(C2NNC3CCCCC32)ccn1. The molecule has 1 aromatic heterocycles. The number of rotatable bonds is 1. The summed E-state index contributed by atoms with van der Waals surface area (Å²) in [5.74, 6) is 0.765. The number of hydrogen-bond donors (Lipinski definition) is 2. The van der Waals surface area contributed by atoms with Gasteiger partial charge < -0.3 is 0 Å². The van der Waals surface area contributed by atoms with E-state index in [1.807, 2.05) is 12.4 Å². The fourth-order valence-electron chi connectivity index (χ4n) is 2.94. The molecule has 3 unspecified atom stereocenters. The molecule has 3 heteroatoms. The first-order valence-electron chi connectivity index (χ1n) is 5.86. The molecule has 0 aromatic carbocycles. The highest BCUT2D eigenvalue weighted by molar-refractivity contribution is 5.18. The molecule has 0 amide bonds. The third kappa shape index (κ3) is 1.66. The van der Waals surface area contributed by atoms with Gasteiger partial charge in [-0.2, -0.15) is 0 Å². The molecule has 0 bridgehead atoms. The van der Waals surface area contributed by atoms with Crippen molar-refractivity contribution in [2.75, 3.05) is 0 Å². The second-order valence-electron chi connectivity index (χ2n) is 4.60. The Bertz CT molecular complexity index is 325. The Labute approximate surface area is 90.3 Å². The predicted octanol–water partition coefficient (Wildman–Crippen LogP) is 1.79. The normalized spacial score (nSPS) is 35.1. The highest BCUT2D eigenvalue weighted by Crippen LogP contribution is 2.37. The van der Waals surface area contributed by atoms with Crippen molar-refractivity contribution < 1.29 is 0 Å². The lowest BCUT2D eigenvalue weighted by Crippen LogP contribution is -2.33. The van der Waals surface area contributed by atoms with Crippen LogP contribution in [0.25, 0.3) is 0 Å². The smallest absolute Gasteiger partial charge is 0.0507 e. The summed E-state index contributed by atoms with van der Waals surface area (Å²) < 4.78 is 0. The van der Waals surface area contributed by atoms with Crippen molar-refractivity contribution in [3.63, 3.8) is 0 Å². The fourth-order valence-corrected chi connectivity index (χ4v) is 2.94. The molecule has 2 N–H and O–H groups in total. The summed E-state index contributed by atoms with van der Waals surface area (Å²) in [6, 6.07) is 5.40. The summed E-state index contributed by atoms with van der Waals surface area (Å²) in [6.45, 7) is 0. The monoisotopic (exact) mass is 203 g/mol. The van der Waals surface area contributed by atoms with Gasteiger partial charge in [-0.3, -0.25) is 10.4 Å². The van der Waals surface area contributed by atoms with Crippen LogP contribution in [0.15, 0.2) is 24.5 Å². The van der Waals surface area contributed by atoms with Crippen molar-refractivity contribution in [1.29, 1.82) is 0 Å². The van der Waals surface area contributed by atoms with Crippen molar-refractivity contribution in [3.8, 4) is 0 Å². The van der Waals surface area contributed by atoms with Gasteiger partial charge in [-0.1, -0.05) is 12.8 Å². The van der Waals surface area contributed by atoms with Gasteiger partial charge in [0.15, 0.2) is 0 Å². The lowest BCUT2D eigenvalue weighted by molar-refractivity contribution is 0.307. The molecule has 0 radical (unpaired) electrons. The van der Waals surface area contributed by atoms with Crippen LogP contribution < -0.4 is 10.9 Å². The lowest BCUT2D eigenvalue weighted by Gasteiger charge is -2.27. The molecule has 2 fully saturated rings. The maximum absolute atomic E-state index is 4.07. The van der Waals surface area contributed by atoms with E-state index in [0.717, 1.165) is 5.92 Å². The number of nitrogens with zero attached hydrogens (tertiary/aromatic N) is 1. The van der Waals surface area contributed by atoms with Gasteiger partial charge in [0.1, 0.15) is 0 Å². The Hall–Kier alpha value is -0.930. The third-order valence-corrected chi connectivity index (χ3v) is 3.74. The Morgan fingerprint density at radius 1 is 1.07 bits per heavy atom. The molecule has 1 aromatic rings. The molecule has 3 atom stereocenters. The van der Waals surface area contributed by atoms with Crippen molar-refractivity contribution in [3.05, 3.63) is 30.1 Å². The Morgan fingerprint density at radius 2 is 1.87 bits per heavy atom. The van der Waals surface area contributed by atoms with Crippen LogP contribution in [0.2, 0.25) is 0 Å². The number of hydrazine groups is 1. The molecule has 2 heterocycles. The van der Waals surface area contributed by atoms with Crippen LogP contribution in [0.5, 0.6) is 0 Å². The molecule has 0 spiro atoms. The van der Waals surface area contributed by atoms with Gasteiger partial charge >= 0.3 is 0 Å². The molecule has 1 aliphatic heterocycles. The van der Waals surface area contributed by atoms with Crippen LogP contribution in [-0.4, -0.2) is 11.0 Å². The first-order valence-corrected chi connectivity index (χ1v) is 5.86. The topological polar surface area (TPSA) is 37.0 Å². The van der Waals surface area contributed by atoms with E-state index in [9.17, 15) is 0 Å². The summed E-state index contributed by atoms with van der Waals surface area (Å²) >= 11 is 0. The zero-order chi connectivity index (χ0) is 10.1. The van der Waals surface area contributed by atoms with Crippen LogP contribution >= 0.6 is 0 Å². The predicted molar refractivity (Wildman–Crippen MR) is 59.0 cm³/mol. The molecule has 1 saturated carbocycles. The van der Waals surface area contributed by atoms with Crippen LogP contribution in [0.3, 0.4) is 0 Å². The molecule has 3 nitrogen and oxygen atoms in total. The molecule has 15 heavy (non-hydrogen) atoms. The zero-order valence-electron chi connectivity index (χ0n) is 8.82. The Morgan fingerprint density at radius 3 is 2.73 bits per heavy atom. The number of aromatic nitrogens is 1. The summed E-state index contributed by atoms with van der Waals surface area (Å²) in [5.41, 5.74) is 8.24. The van der Waals surface area contributed by atoms with E-state index in [4.69, 9.17) is 0 Å². The zero-order valence-corrected chi connectivity index (χ0v) is 8.82. The maximum atomic E-state index is 4.07. The number of nitrogens with one attached hydrogen (secondary N) is 2. The molecular weight excluding hydrogens is 186 g/mol. The van der Waals surface area contributed by atoms with Gasteiger partial charge in [-0.25, -0.2) is 5.43 Å². The summed E-state index contributed by atoms with van der Waals surface area (Å²) in [5, 5.41) is 0. The highest BCUT2D eigenvalue weighted by atomic mass is 15.4. The minimum absolute atomic E-state index is 0.485. The van der Waals surface area contributed by atoms with E-state index in [0.29, 0.717) is 12.1 Å². The summed E-state index contributed by atoms with van der Waals surface area (Å²) in [6.07, 6.45) is 9.18. The quantitative estimate of drug-likeness (QED) is 0.730. The van der Waals surface area contributed by atoms with E-state index >= 15 is 0 Å². The van der Waals surface area contributed by atoms with Gasteiger partial charge in [0, 0.05) is 18.4 Å². The largest absolute Gasteiger partial charge is 0.265 e. The van der Waals surface area contributed by atoms with E-state index < -0.39 is 0 Å². The van der Waals surface area contributed by atoms with E-state index in [1.165, 1.54) is 31.2 Å². The van der Waals surface area contributed by atoms with E-state index in [2.05, 4.69) is 28.0 Å². The lowest BCUT2D eigenvalue weighted by atomic mass is 9.80. The van der Waals surface area contributed by atoms with E-state index in [1.54, 1.807) is 0 Å². The summed E-state index contributed by atoms with van der Waals surface area (Å²) in [7, 11) is 0. The highest BCUT2D eigenvalue weighted by Gasteiger charge is 2.37. The average molecular weight is 203 g/mol. The molecule has 1 aliphatic carbocycles. The molecule has 80 valence electrons. The van der Waals surface area contributed by atoms with Crippen molar-refractivity contribution in [2.24, 2.45) is 5.92 Å². The van der Waals surface area contributed by atoms with Gasteiger partial charge in [-0.15, -0.1) is 0 Å². The van der Waals surface area contributed by atoms with Crippen LogP contribution in [0.4, 0.5) is 0 Å². The van der Waals surface area contributed by atoms with Crippen LogP contribution in [-0.2, 0) is 0 Å². The fraction of sp³-hybridized carbons (Fsp3) is 0.583. The average Bonchev–Trinajstić information content (AvgIpc) is 2.74. The first kappa shape index (κ1) is 9.31. The Balaban J connectivity index is 1.82. The molecular formula is C12H17N3. The standard InChI is InChI=1S/C12H17N3/c1-2-4-11-10(3-1)12(15-14-11)9-5-7-13-8-6-9/h5-8,10-12,14-15H,1-4H2. The minimum atomic E-state index is 0.485. The van der Waals surface area contributed by atoms with Crippen molar-refractivity contribution in [1.82, 2.24) is 15.8 Å². The van der Waals surface area contributed by atoms with Gasteiger partial charge in [0.2, 0.25) is 0 Å². The molecule has 3 rings (SSSR count). The summed E-state index contributed by atoms with van der Waals surface area (Å²) in [4.78, 5) is 4.07. The number of hydrogen-bond acceptors (Lipinski definition) is 3. The van der Waals surface area contributed by atoms with Gasteiger partial charge in [0.05, 0.1) is 6.04 Å². The van der Waals surface area contributed by atoms with Gasteiger partial charge in [0.25, 0.3) is 0 Å². The first-order chi connectivity index (χ1) is 7.45. The van der Waals surface area contributed by atoms with Crippen molar-refractivity contribution in [2.45, 2.75) is 37.8 Å². The Kier molecular flexibility index (Phi) is 2.43. The number of fused-ring (bicyclic) bond motifs is 1. The third-order valence-electron chi connectivity index (χ3n) is 3.74. The molecule has 1 saturated heterocycles. The second-order valence-corrected chi connectivity index (χ2v) is 4.60. The van der Waals surface area contributed by atoms with Crippen LogP contribution in [0, 0.1) is 5.92 Å². The number of pyridine rings is 1. The molecule has 2 aliphatic rings. The second kappa shape index (κ2) is 3.91. The van der Waals surface area contributed by atoms with Crippen molar-refractivity contribution >= 4 is 0 Å². The van der Waals surface area contributed by atoms with E-state index in [-0.39, 0.29) is 0 Å². The van der Waals surface area contributed by atoms with Gasteiger partial charge in [-0.05, 0) is 36.5 Å². The van der Waals surface area contributed by atoms with Crippen LogP contribution in [0.1, 0.15) is 37.3 Å².